The van der Waals surface area contributed by atoms with Crippen LogP contribution in [0.1, 0.15) is 12.0 Å². The molecular weight excluding hydrogens is 327 g/mol. The number of fused-ring (bicyclic) bond motifs is 1. The maximum atomic E-state index is 14.2. The van der Waals surface area contributed by atoms with Gasteiger partial charge in [0.15, 0.2) is 0 Å². The fourth-order valence-corrected chi connectivity index (χ4v) is 3.76. The number of hydroxylamine groups is 2. The van der Waals surface area contributed by atoms with Crippen molar-refractivity contribution in [2.24, 2.45) is 5.92 Å². The van der Waals surface area contributed by atoms with Crippen LogP contribution in [0.25, 0.3) is 0 Å². The predicted molar refractivity (Wildman–Crippen MR) is 79.5 cm³/mol. The standard InChI is InChI=1S/C15H16ClFN2O4/c1-18(23-2)13(20)12-10-6-15(10,7-19(12)14(21)22)9-5-8(16)3-4-11(9)17/h3-5,10,12H,6-7H2,1-2H3,(H,21,22)/t10-,12?,15+/m0/s1. The van der Waals surface area contributed by atoms with E-state index in [1.165, 1.54) is 32.4 Å². The molecule has 8 heteroatoms. The molecule has 0 radical (unpaired) electrons. The molecule has 2 amide bonds. The van der Waals surface area contributed by atoms with Gasteiger partial charge in [0.1, 0.15) is 11.9 Å². The summed E-state index contributed by atoms with van der Waals surface area (Å²) >= 11 is 5.95. The minimum Gasteiger partial charge on any atom is -0.465 e. The van der Waals surface area contributed by atoms with Crippen LogP contribution in [-0.2, 0) is 15.0 Å². The summed E-state index contributed by atoms with van der Waals surface area (Å²) < 4.78 is 14.2. The summed E-state index contributed by atoms with van der Waals surface area (Å²) in [6, 6.07) is 3.35. The van der Waals surface area contributed by atoms with Crippen molar-refractivity contribution in [1.82, 2.24) is 9.96 Å². The van der Waals surface area contributed by atoms with Crippen molar-refractivity contribution in [2.45, 2.75) is 17.9 Å². The molecule has 2 fully saturated rings. The summed E-state index contributed by atoms with van der Waals surface area (Å²) in [5, 5.41) is 10.8. The van der Waals surface area contributed by atoms with Gasteiger partial charge in [-0.25, -0.2) is 14.2 Å². The second-order valence-electron chi connectivity index (χ2n) is 5.96. The summed E-state index contributed by atoms with van der Waals surface area (Å²) in [5.74, 6) is -1.17. The molecule has 0 spiro atoms. The molecule has 1 aliphatic heterocycles. The Morgan fingerprint density at radius 3 is 2.83 bits per heavy atom. The summed E-state index contributed by atoms with van der Waals surface area (Å²) in [6.07, 6.45) is -0.663. The molecule has 1 unspecified atom stereocenters. The van der Waals surface area contributed by atoms with Crippen LogP contribution >= 0.6 is 11.6 Å². The van der Waals surface area contributed by atoms with Gasteiger partial charge in [-0.1, -0.05) is 11.6 Å². The van der Waals surface area contributed by atoms with Crippen LogP contribution in [0.15, 0.2) is 18.2 Å². The Morgan fingerprint density at radius 2 is 2.22 bits per heavy atom. The van der Waals surface area contributed by atoms with Crippen molar-refractivity contribution in [2.75, 3.05) is 20.7 Å². The number of benzene rings is 1. The molecule has 6 nitrogen and oxygen atoms in total. The van der Waals surface area contributed by atoms with Gasteiger partial charge in [0.25, 0.3) is 5.91 Å². The Morgan fingerprint density at radius 1 is 1.52 bits per heavy atom. The topological polar surface area (TPSA) is 70.1 Å². The summed E-state index contributed by atoms with van der Waals surface area (Å²) in [6.45, 7) is 0.0677. The highest BCUT2D eigenvalue weighted by Crippen LogP contribution is 2.62. The first kappa shape index (κ1) is 16.0. The van der Waals surface area contributed by atoms with E-state index in [0.717, 1.165) is 9.96 Å². The Labute approximate surface area is 137 Å². The van der Waals surface area contributed by atoms with Gasteiger partial charge in [-0.05, 0) is 30.2 Å². The van der Waals surface area contributed by atoms with Gasteiger partial charge in [0, 0.05) is 29.9 Å². The first-order valence-electron chi connectivity index (χ1n) is 7.08. The number of carboxylic acid groups (broad SMARTS) is 1. The van der Waals surface area contributed by atoms with Crippen molar-refractivity contribution < 1.29 is 23.9 Å². The van der Waals surface area contributed by atoms with E-state index in [1.54, 1.807) is 0 Å². The fourth-order valence-electron chi connectivity index (χ4n) is 3.59. The number of carbonyl (C=O) groups is 2. The summed E-state index contributed by atoms with van der Waals surface area (Å²) in [7, 11) is 2.75. The zero-order valence-electron chi connectivity index (χ0n) is 12.6. The van der Waals surface area contributed by atoms with Gasteiger partial charge < -0.3 is 5.11 Å². The maximum absolute atomic E-state index is 14.2. The summed E-state index contributed by atoms with van der Waals surface area (Å²) in [4.78, 5) is 29.9. The quantitative estimate of drug-likeness (QED) is 0.854. The second kappa shape index (κ2) is 5.35. The average molecular weight is 343 g/mol. The third-order valence-corrected chi connectivity index (χ3v) is 5.09. The van der Waals surface area contributed by atoms with E-state index in [1.807, 2.05) is 0 Å². The molecule has 3 atom stereocenters. The van der Waals surface area contributed by atoms with E-state index >= 15 is 0 Å². The van der Waals surface area contributed by atoms with Crippen LogP contribution in [0.2, 0.25) is 5.02 Å². The van der Waals surface area contributed by atoms with Crippen molar-refractivity contribution in [3.05, 3.63) is 34.6 Å². The largest absolute Gasteiger partial charge is 0.465 e. The highest BCUT2D eigenvalue weighted by Gasteiger charge is 2.69. The zero-order valence-corrected chi connectivity index (χ0v) is 13.4. The smallest absolute Gasteiger partial charge is 0.408 e. The molecule has 1 aromatic rings. The number of piperidine rings is 1. The first-order valence-corrected chi connectivity index (χ1v) is 7.46. The van der Waals surface area contributed by atoms with Crippen molar-refractivity contribution in [3.8, 4) is 0 Å². The molecule has 3 rings (SSSR count). The molecule has 1 saturated heterocycles. The van der Waals surface area contributed by atoms with E-state index in [-0.39, 0.29) is 12.5 Å². The van der Waals surface area contributed by atoms with Crippen LogP contribution in [0.3, 0.4) is 0 Å². The normalized spacial score (nSPS) is 28.4. The molecule has 0 aromatic heterocycles. The Kier molecular flexibility index (Phi) is 3.72. The fraction of sp³-hybridized carbons (Fsp3) is 0.467. The van der Waals surface area contributed by atoms with Crippen LogP contribution in [-0.4, -0.2) is 53.8 Å². The van der Waals surface area contributed by atoms with Crippen LogP contribution in [0, 0.1) is 11.7 Å². The molecule has 2 aliphatic rings. The van der Waals surface area contributed by atoms with Gasteiger partial charge in [0.05, 0.1) is 7.11 Å². The molecule has 1 aromatic carbocycles. The number of amides is 2. The SMILES string of the molecule is CON(C)C(=O)C1[C@@H]2C[C@]2(c2cc(Cl)ccc2F)CN1C(=O)O. The van der Waals surface area contributed by atoms with Crippen molar-refractivity contribution in [1.29, 1.82) is 0 Å². The van der Waals surface area contributed by atoms with Crippen molar-refractivity contribution >= 4 is 23.6 Å². The monoisotopic (exact) mass is 342 g/mol. The molecule has 1 saturated carbocycles. The third-order valence-electron chi connectivity index (χ3n) is 4.85. The number of nitrogens with zero attached hydrogens (tertiary/aromatic N) is 2. The second-order valence-corrected chi connectivity index (χ2v) is 6.40. The zero-order chi connectivity index (χ0) is 16.9. The Hall–Kier alpha value is -1.86. The first-order chi connectivity index (χ1) is 10.8. The number of hydrogen-bond acceptors (Lipinski definition) is 3. The van der Waals surface area contributed by atoms with Crippen LogP contribution in [0.4, 0.5) is 9.18 Å². The predicted octanol–water partition coefficient (Wildman–Crippen LogP) is 2.12. The number of likely N-dealkylation sites (tertiary alicyclic amines) is 1. The Bertz CT molecular complexity index is 685. The van der Waals surface area contributed by atoms with E-state index in [0.29, 0.717) is 17.0 Å². The summed E-state index contributed by atoms with van der Waals surface area (Å²) in [5.41, 5.74) is -0.320. The molecule has 1 heterocycles. The molecule has 124 valence electrons. The van der Waals surface area contributed by atoms with Gasteiger partial charge >= 0.3 is 6.09 Å². The van der Waals surface area contributed by atoms with Gasteiger partial charge in [0.2, 0.25) is 0 Å². The number of likely N-dealkylation sites (N-methyl/N-ethyl adjacent to an activating group) is 1. The van der Waals surface area contributed by atoms with Crippen LogP contribution in [0.5, 0.6) is 0 Å². The van der Waals surface area contributed by atoms with E-state index in [4.69, 9.17) is 16.4 Å². The van der Waals surface area contributed by atoms with Crippen LogP contribution < -0.4 is 0 Å². The minimum atomic E-state index is -1.21. The lowest BCUT2D eigenvalue weighted by atomic mass is 9.93. The van der Waals surface area contributed by atoms with E-state index in [2.05, 4.69) is 0 Å². The van der Waals surface area contributed by atoms with Gasteiger partial charge in [-0.15, -0.1) is 0 Å². The third kappa shape index (κ3) is 2.35. The van der Waals surface area contributed by atoms with Gasteiger partial charge in [-0.2, -0.15) is 0 Å². The van der Waals surface area contributed by atoms with Gasteiger partial charge in [-0.3, -0.25) is 14.5 Å². The maximum Gasteiger partial charge on any atom is 0.408 e. The number of hydrogen-bond donors (Lipinski definition) is 1. The number of rotatable bonds is 3. The molecule has 23 heavy (non-hydrogen) atoms. The van der Waals surface area contributed by atoms with E-state index in [9.17, 15) is 19.1 Å². The highest BCUT2D eigenvalue weighted by molar-refractivity contribution is 6.30. The lowest BCUT2D eigenvalue weighted by molar-refractivity contribution is -0.173. The minimum absolute atomic E-state index is 0.0677. The molecule has 0 bridgehead atoms. The molecule has 1 aliphatic carbocycles. The molecular formula is C15H16ClFN2O4. The average Bonchev–Trinajstić information content (AvgIpc) is 3.14. The molecule has 1 N–H and O–H groups in total. The number of halogens is 2. The lowest BCUT2D eigenvalue weighted by Gasteiger charge is -2.27. The number of carbonyl (C=O) groups excluding carboxylic acids is 1. The Balaban J connectivity index is 1.98. The van der Waals surface area contributed by atoms with E-state index < -0.39 is 29.3 Å². The van der Waals surface area contributed by atoms with Crippen molar-refractivity contribution in [3.63, 3.8) is 0 Å². The highest BCUT2D eigenvalue weighted by atomic mass is 35.5. The lowest BCUT2D eigenvalue weighted by Crippen LogP contribution is -2.48.